The molecule has 1 N–H and O–H groups in total. The van der Waals surface area contributed by atoms with Gasteiger partial charge in [0.1, 0.15) is 0 Å². The Bertz CT molecular complexity index is 849. The molecule has 0 unspecified atom stereocenters. The Morgan fingerprint density at radius 1 is 1.07 bits per heavy atom. The number of nitrogens with zero attached hydrogens (tertiary/aromatic N) is 1. The van der Waals surface area contributed by atoms with E-state index in [2.05, 4.69) is 12.2 Å². The van der Waals surface area contributed by atoms with Crippen LogP contribution in [-0.2, 0) is 32.0 Å². The Morgan fingerprint density at radius 3 is 2.48 bits per heavy atom. The Hall–Kier alpha value is -3.15. The second-order valence-electron chi connectivity index (χ2n) is 7.18. The molecule has 0 saturated carbocycles. The van der Waals surface area contributed by atoms with Crippen LogP contribution in [0.2, 0.25) is 0 Å². The number of carbonyl (C=O) groups excluding carboxylic acids is 3. The second kappa shape index (κ2) is 9.87. The number of amides is 2. The molecule has 3 rings (SSSR count). The molecule has 1 aliphatic heterocycles. The highest BCUT2D eigenvalue weighted by Gasteiger charge is 2.35. The van der Waals surface area contributed by atoms with Crippen LogP contribution in [0.5, 0.6) is 0 Å². The predicted octanol–water partition coefficient (Wildman–Crippen LogP) is 2.82. The van der Waals surface area contributed by atoms with Crippen molar-refractivity contribution in [1.82, 2.24) is 4.90 Å². The van der Waals surface area contributed by atoms with E-state index in [0.29, 0.717) is 18.8 Å². The van der Waals surface area contributed by atoms with Crippen molar-refractivity contribution in [3.63, 3.8) is 0 Å². The summed E-state index contributed by atoms with van der Waals surface area (Å²) in [5.41, 5.74) is 2.98. The minimum Gasteiger partial charge on any atom is -0.455 e. The number of hydrogen-bond donors (Lipinski definition) is 1. The number of likely N-dealkylation sites (tertiary alicyclic amines) is 1. The van der Waals surface area contributed by atoms with Crippen LogP contribution >= 0.6 is 0 Å². The van der Waals surface area contributed by atoms with Crippen molar-refractivity contribution in [3.05, 3.63) is 65.7 Å². The molecule has 0 aliphatic carbocycles. The fourth-order valence-electron chi connectivity index (χ4n) is 3.33. The molecule has 1 heterocycles. The minimum atomic E-state index is -0.519. The molecule has 1 aliphatic rings. The van der Waals surface area contributed by atoms with Crippen molar-refractivity contribution in [3.8, 4) is 0 Å². The number of anilines is 1. The lowest BCUT2D eigenvalue weighted by atomic mass is 10.1. The summed E-state index contributed by atoms with van der Waals surface area (Å²) in [5, 5.41) is 2.70. The van der Waals surface area contributed by atoms with E-state index in [1.54, 1.807) is 4.90 Å². The molecule has 0 aromatic heterocycles. The van der Waals surface area contributed by atoms with Gasteiger partial charge in [-0.3, -0.25) is 14.4 Å². The number of ether oxygens (including phenoxy) is 1. The molecule has 29 heavy (non-hydrogen) atoms. The molecule has 0 spiro atoms. The Kier molecular flexibility index (Phi) is 7.00. The summed E-state index contributed by atoms with van der Waals surface area (Å²) in [6.07, 6.45) is 1.80. The zero-order chi connectivity index (χ0) is 20.6. The van der Waals surface area contributed by atoms with Crippen LogP contribution in [0, 0.1) is 5.92 Å². The van der Waals surface area contributed by atoms with Crippen LogP contribution in [-0.4, -0.2) is 42.4 Å². The number of hydrogen-bond acceptors (Lipinski definition) is 4. The van der Waals surface area contributed by atoms with Gasteiger partial charge >= 0.3 is 5.97 Å². The SMILES string of the molecule is CCc1ccc(NC(=O)COC(=O)[C@H]2CC(=O)N(CCc3ccccc3)C2)cc1. The number of aryl methyl sites for hydroxylation is 1. The van der Waals surface area contributed by atoms with Crippen molar-refractivity contribution in [2.45, 2.75) is 26.2 Å². The van der Waals surface area contributed by atoms with E-state index >= 15 is 0 Å². The van der Waals surface area contributed by atoms with Gasteiger partial charge in [0.05, 0.1) is 5.92 Å². The zero-order valence-corrected chi connectivity index (χ0v) is 16.6. The van der Waals surface area contributed by atoms with Crippen LogP contribution in [0.1, 0.15) is 24.5 Å². The van der Waals surface area contributed by atoms with Gasteiger partial charge in [-0.1, -0.05) is 49.4 Å². The predicted molar refractivity (Wildman–Crippen MR) is 110 cm³/mol. The van der Waals surface area contributed by atoms with Crippen LogP contribution < -0.4 is 5.32 Å². The maximum Gasteiger partial charge on any atom is 0.311 e. The molecule has 2 aromatic carbocycles. The van der Waals surface area contributed by atoms with Gasteiger partial charge in [-0.2, -0.15) is 0 Å². The standard InChI is InChI=1S/C23H26N2O4/c1-2-17-8-10-20(11-9-17)24-21(26)16-29-23(28)19-14-22(27)25(15-19)13-12-18-6-4-3-5-7-18/h3-11,19H,2,12-16H2,1H3,(H,24,26)/t19-/m0/s1. The summed E-state index contributed by atoms with van der Waals surface area (Å²) in [7, 11) is 0. The van der Waals surface area contributed by atoms with Gasteiger partial charge in [-0.05, 0) is 36.1 Å². The van der Waals surface area contributed by atoms with Crippen molar-refractivity contribution in [2.24, 2.45) is 5.92 Å². The number of nitrogens with one attached hydrogen (secondary N) is 1. The van der Waals surface area contributed by atoms with Crippen LogP contribution in [0.15, 0.2) is 54.6 Å². The second-order valence-corrected chi connectivity index (χ2v) is 7.18. The lowest BCUT2D eigenvalue weighted by molar-refractivity contribution is -0.151. The molecule has 6 nitrogen and oxygen atoms in total. The number of rotatable bonds is 8. The lowest BCUT2D eigenvalue weighted by Crippen LogP contribution is -2.29. The first kappa shape index (κ1) is 20.6. The summed E-state index contributed by atoms with van der Waals surface area (Å²) in [5.74, 6) is -1.47. The largest absolute Gasteiger partial charge is 0.455 e. The lowest BCUT2D eigenvalue weighted by Gasteiger charge is -2.16. The molecule has 2 amide bonds. The zero-order valence-electron chi connectivity index (χ0n) is 16.6. The summed E-state index contributed by atoms with van der Waals surface area (Å²) < 4.78 is 5.13. The van der Waals surface area contributed by atoms with E-state index in [9.17, 15) is 14.4 Å². The van der Waals surface area contributed by atoms with Gasteiger partial charge in [0, 0.05) is 25.2 Å². The van der Waals surface area contributed by atoms with Crippen molar-refractivity contribution < 1.29 is 19.1 Å². The summed E-state index contributed by atoms with van der Waals surface area (Å²) in [4.78, 5) is 38.1. The normalized spacial score (nSPS) is 16.0. The number of esters is 1. The van der Waals surface area contributed by atoms with Crippen LogP contribution in [0.25, 0.3) is 0 Å². The molecule has 1 atom stereocenters. The van der Waals surface area contributed by atoms with E-state index in [1.807, 2.05) is 54.6 Å². The van der Waals surface area contributed by atoms with Gasteiger partial charge in [-0.15, -0.1) is 0 Å². The van der Waals surface area contributed by atoms with Gasteiger partial charge in [0.15, 0.2) is 6.61 Å². The summed E-state index contributed by atoms with van der Waals surface area (Å²) >= 11 is 0. The summed E-state index contributed by atoms with van der Waals surface area (Å²) in [6.45, 7) is 2.61. The Balaban J connectivity index is 1.42. The molecule has 0 radical (unpaired) electrons. The van der Waals surface area contributed by atoms with Crippen LogP contribution in [0.4, 0.5) is 5.69 Å². The third-order valence-corrected chi connectivity index (χ3v) is 5.05. The van der Waals surface area contributed by atoms with Crippen molar-refractivity contribution in [1.29, 1.82) is 0 Å². The summed E-state index contributed by atoms with van der Waals surface area (Å²) in [6, 6.07) is 17.4. The van der Waals surface area contributed by atoms with E-state index in [1.165, 1.54) is 5.56 Å². The third kappa shape index (κ3) is 5.91. The van der Waals surface area contributed by atoms with Crippen molar-refractivity contribution >= 4 is 23.5 Å². The first-order valence-corrected chi connectivity index (χ1v) is 9.92. The highest BCUT2D eigenvalue weighted by atomic mass is 16.5. The molecule has 0 bridgehead atoms. The topological polar surface area (TPSA) is 75.7 Å². The molecule has 6 heteroatoms. The van der Waals surface area contributed by atoms with Crippen molar-refractivity contribution in [2.75, 3.05) is 25.0 Å². The molecule has 1 saturated heterocycles. The van der Waals surface area contributed by atoms with Gasteiger partial charge in [0.25, 0.3) is 5.91 Å². The number of carbonyl (C=O) groups is 3. The monoisotopic (exact) mass is 394 g/mol. The smallest absolute Gasteiger partial charge is 0.311 e. The van der Waals surface area contributed by atoms with Gasteiger partial charge < -0.3 is 15.0 Å². The Morgan fingerprint density at radius 2 is 1.79 bits per heavy atom. The van der Waals surface area contributed by atoms with E-state index in [4.69, 9.17) is 4.74 Å². The third-order valence-electron chi connectivity index (χ3n) is 5.05. The highest BCUT2D eigenvalue weighted by Crippen LogP contribution is 2.20. The van der Waals surface area contributed by atoms with Crippen LogP contribution in [0.3, 0.4) is 0 Å². The maximum absolute atomic E-state index is 12.3. The molecular weight excluding hydrogens is 368 g/mol. The number of benzene rings is 2. The molecule has 2 aromatic rings. The first-order chi connectivity index (χ1) is 14.0. The molecule has 152 valence electrons. The fourth-order valence-corrected chi connectivity index (χ4v) is 3.33. The maximum atomic E-state index is 12.3. The first-order valence-electron chi connectivity index (χ1n) is 9.92. The Labute approximate surface area is 170 Å². The fraction of sp³-hybridized carbons (Fsp3) is 0.348. The quantitative estimate of drug-likeness (QED) is 0.699. The van der Waals surface area contributed by atoms with E-state index in [-0.39, 0.29) is 18.9 Å². The minimum absolute atomic E-state index is 0.0525. The average molecular weight is 394 g/mol. The average Bonchev–Trinajstić information content (AvgIpc) is 3.12. The molecule has 1 fully saturated rings. The molecular formula is C23H26N2O4. The van der Waals surface area contributed by atoms with E-state index in [0.717, 1.165) is 18.4 Å². The van der Waals surface area contributed by atoms with E-state index < -0.39 is 17.8 Å². The van der Waals surface area contributed by atoms with Gasteiger partial charge in [-0.25, -0.2) is 0 Å². The highest BCUT2D eigenvalue weighted by molar-refractivity contribution is 5.93. The van der Waals surface area contributed by atoms with Gasteiger partial charge in [0.2, 0.25) is 5.91 Å².